The third-order valence-electron chi connectivity index (χ3n) is 6.64. The molecule has 8 nitrogen and oxygen atoms in total. The molecule has 0 atom stereocenters. The van der Waals surface area contributed by atoms with E-state index in [4.69, 9.17) is 4.74 Å². The molecular formula is C27H31F3N4O4. The first-order valence-corrected chi connectivity index (χ1v) is 12.5. The normalized spacial score (nSPS) is 15.6. The molecule has 1 saturated heterocycles. The molecule has 1 aliphatic heterocycles. The van der Waals surface area contributed by atoms with Crippen molar-refractivity contribution in [1.29, 1.82) is 0 Å². The number of amides is 2. The van der Waals surface area contributed by atoms with Crippen molar-refractivity contribution in [2.45, 2.75) is 51.8 Å². The second-order valence-electron chi connectivity index (χ2n) is 10.0. The van der Waals surface area contributed by atoms with Crippen LogP contribution in [0.1, 0.15) is 56.0 Å². The van der Waals surface area contributed by atoms with E-state index in [0.717, 1.165) is 12.3 Å². The van der Waals surface area contributed by atoms with E-state index in [1.165, 1.54) is 27.8 Å². The van der Waals surface area contributed by atoms with E-state index < -0.39 is 29.3 Å². The van der Waals surface area contributed by atoms with Crippen LogP contribution in [0, 0.1) is 5.92 Å². The van der Waals surface area contributed by atoms with Crippen molar-refractivity contribution in [3.05, 3.63) is 53.7 Å². The number of esters is 1. The number of hydrogen-bond acceptors (Lipinski definition) is 5. The second-order valence-corrected chi connectivity index (χ2v) is 10.0. The van der Waals surface area contributed by atoms with Crippen molar-refractivity contribution in [3.63, 3.8) is 0 Å². The zero-order valence-corrected chi connectivity index (χ0v) is 21.5. The fourth-order valence-corrected chi connectivity index (χ4v) is 4.88. The number of nitrogens with zero attached hydrogens (tertiary/aromatic N) is 3. The molecule has 2 aromatic carbocycles. The molecule has 2 N–H and O–H groups in total. The van der Waals surface area contributed by atoms with Crippen LogP contribution in [0.2, 0.25) is 0 Å². The Kier molecular flexibility index (Phi) is 7.68. The summed E-state index contributed by atoms with van der Waals surface area (Å²) in [4.78, 5) is 26.4. The molecule has 2 amide bonds. The Morgan fingerprint density at radius 3 is 2.39 bits per heavy atom. The lowest BCUT2D eigenvalue weighted by atomic mass is 9.84. The van der Waals surface area contributed by atoms with Gasteiger partial charge in [-0.3, -0.25) is 0 Å². The van der Waals surface area contributed by atoms with Gasteiger partial charge in [0.25, 0.3) is 0 Å². The predicted molar refractivity (Wildman–Crippen MR) is 136 cm³/mol. The Labute approximate surface area is 218 Å². The van der Waals surface area contributed by atoms with Gasteiger partial charge in [0, 0.05) is 24.2 Å². The van der Waals surface area contributed by atoms with Crippen molar-refractivity contribution in [2.75, 3.05) is 25.0 Å². The lowest BCUT2D eigenvalue weighted by Crippen LogP contribution is -2.48. The summed E-state index contributed by atoms with van der Waals surface area (Å²) in [6.07, 6.45) is -2.12. The number of halogens is 3. The molecule has 0 saturated carbocycles. The average molecular weight is 533 g/mol. The van der Waals surface area contributed by atoms with Crippen LogP contribution in [0.25, 0.3) is 16.6 Å². The smallest absolute Gasteiger partial charge is 0.417 e. The van der Waals surface area contributed by atoms with Crippen molar-refractivity contribution in [3.8, 4) is 5.69 Å². The van der Waals surface area contributed by atoms with Gasteiger partial charge in [0.05, 0.1) is 40.7 Å². The van der Waals surface area contributed by atoms with Crippen molar-refractivity contribution < 1.29 is 32.6 Å². The molecule has 0 radical (unpaired) electrons. The number of ether oxygens (including phenoxy) is 1. The number of aliphatic hydroxyl groups is 1. The van der Waals surface area contributed by atoms with Gasteiger partial charge in [-0.05, 0) is 68.5 Å². The summed E-state index contributed by atoms with van der Waals surface area (Å²) >= 11 is 0. The first kappa shape index (κ1) is 27.4. The van der Waals surface area contributed by atoms with Gasteiger partial charge in [-0.2, -0.15) is 18.3 Å². The van der Waals surface area contributed by atoms with E-state index in [1.807, 2.05) is 13.8 Å². The van der Waals surface area contributed by atoms with Gasteiger partial charge < -0.3 is 20.1 Å². The Bertz CT molecular complexity index is 1310. The summed E-state index contributed by atoms with van der Waals surface area (Å²) in [6.45, 7) is 6.54. The number of piperidine rings is 1. The molecule has 3 aromatic rings. The molecule has 1 aromatic heterocycles. The summed E-state index contributed by atoms with van der Waals surface area (Å²) in [6, 6.07) is 7.94. The van der Waals surface area contributed by atoms with E-state index >= 15 is 0 Å². The number of benzene rings is 2. The number of urea groups is 1. The maximum atomic E-state index is 14.0. The maximum absolute atomic E-state index is 14.0. The largest absolute Gasteiger partial charge is 0.462 e. The minimum absolute atomic E-state index is 0.0252. The highest BCUT2D eigenvalue weighted by molar-refractivity contribution is 5.95. The minimum Gasteiger partial charge on any atom is -0.462 e. The zero-order valence-electron chi connectivity index (χ0n) is 21.5. The number of rotatable bonds is 6. The summed E-state index contributed by atoms with van der Waals surface area (Å²) in [5.41, 5.74) is -0.915. The highest BCUT2D eigenvalue weighted by atomic mass is 19.4. The molecule has 0 spiro atoms. The number of nitrogens with one attached hydrogen (secondary N) is 1. The van der Waals surface area contributed by atoms with Crippen LogP contribution >= 0.6 is 0 Å². The average Bonchev–Trinajstić information content (AvgIpc) is 3.26. The molecule has 0 aliphatic carbocycles. The number of anilines is 1. The second kappa shape index (κ2) is 10.6. The van der Waals surface area contributed by atoms with Crippen molar-refractivity contribution in [1.82, 2.24) is 14.7 Å². The number of carbonyl (C=O) groups is 2. The van der Waals surface area contributed by atoms with Gasteiger partial charge in [0.1, 0.15) is 0 Å². The summed E-state index contributed by atoms with van der Waals surface area (Å²) < 4.78 is 48.2. The van der Waals surface area contributed by atoms with Gasteiger partial charge in [0.15, 0.2) is 0 Å². The lowest BCUT2D eigenvalue weighted by Gasteiger charge is -2.39. The first-order chi connectivity index (χ1) is 17.9. The molecule has 4 rings (SSSR count). The van der Waals surface area contributed by atoms with Crippen LogP contribution < -0.4 is 5.32 Å². The highest BCUT2D eigenvalue weighted by Gasteiger charge is 2.36. The summed E-state index contributed by atoms with van der Waals surface area (Å²) in [7, 11) is 0. The van der Waals surface area contributed by atoms with Gasteiger partial charge >= 0.3 is 18.2 Å². The van der Waals surface area contributed by atoms with Crippen LogP contribution in [-0.4, -0.2) is 57.1 Å². The van der Waals surface area contributed by atoms with Gasteiger partial charge in [-0.25, -0.2) is 14.3 Å². The van der Waals surface area contributed by atoms with E-state index in [-0.39, 0.29) is 23.2 Å². The number of alkyl halides is 3. The SMILES string of the molecule is CCOC(=O)c1ccc(-n2ncc3c(C(F)(F)F)cc(NC(=O)N4CCC(O)(CC(C)C)CC4)cc32)cc1. The molecule has 1 aliphatic rings. The van der Waals surface area contributed by atoms with E-state index in [9.17, 15) is 27.9 Å². The topological polar surface area (TPSA) is 96.7 Å². The standard InChI is InChI=1S/C27H31F3N4O4/c1-4-38-24(35)18-5-7-20(8-6-18)34-23-14-19(13-22(27(28,29)30)21(23)16-31-34)32-25(36)33-11-9-26(37,10-12-33)15-17(2)3/h5-8,13-14,16-17,37H,4,9-12,15H2,1-3H3,(H,32,36). The Morgan fingerprint density at radius 2 is 1.82 bits per heavy atom. The van der Waals surface area contributed by atoms with Crippen LogP contribution in [0.15, 0.2) is 42.6 Å². The predicted octanol–water partition coefficient (Wildman–Crippen LogP) is 5.63. The quantitative estimate of drug-likeness (QED) is 0.402. The summed E-state index contributed by atoms with van der Waals surface area (Å²) in [5, 5.41) is 17.4. The minimum atomic E-state index is -4.68. The summed E-state index contributed by atoms with van der Waals surface area (Å²) in [5.74, 6) is -0.201. The monoisotopic (exact) mass is 532 g/mol. The van der Waals surface area contributed by atoms with E-state index in [0.29, 0.717) is 49.5 Å². The molecule has 204 valence electrons. The van der Waals surface area contributed by atoms with Crippen LogP contribution in [0.5, 0.6) is 0 Å². The van der Waals surface area contributed by atoms with E-state index in [1.54, 1.807) is 19.1 Å². The van der Waals surface area contributed by atoms with Gasteiger partial charge in [0.2, 0.25) is 0 Å². The molecule has 0 unspecified atom stereocenters. The number of hydrogen-bond donors (Lipinski definition) is 2. The van der Waals surface area contributed by atoms with Crippen LogP contribution in [0.4, 0.5) is 23.7 Å². The Hall–Kier alpha value is -3.60. The lowest BCUT2D eigenvalue weighted by molar-refractivity contribution is -0.136. The molecule has 0 bridgehead atoms. The Balaban J connectivity index is 1.61. The van der Waals surface area contributed by atoms with Crippen molar-refractivity contribution in [2.24, 2.45) is 5.92 Å². The Morgan fingerprint density at radius 1 is 1.16 bits per heavy atom. The molecular weight excluding hydrogens is 501 g/mol. The van der Waals surface area contributed by atoms with Gasteiger partial charge in [-0.15, -0.1) is 0 Å². The third kappa shape index (κ3) is 5.93. The number of aromatic nitrogens is 2. The van der Waals surface area contributed by atoms with E-state index in [2.05, 4.69) is 10.4 Å². The van der Waals surface area contributed by atoms with Crippen molar-refractivity contribution >= 4 is 28.6 Å². The molecule has 2 heterocycles. The number of fused-ring (bicyclic) bond motifs is 1. The third-order valence-corrected chi connectivity index (χ3v) is 6.64. The molecule has 1 fully saturated rings. The number of carbonyl (C=O) groups excluding carboxylic acids is 2. The first-order valence-electron chi connectivity index (χ1n) is 12.5. The fraction of sp³-hybridized carbons (Fsp3) is 0.444. The highest BCUT2D eigenvalue weighted by Crippen LogP contribution is 2.38. The van der Waals surface area contributed by atoms with Crippen LogP contribution in [0.3, 0.4) is 0 Å². The number of likely N-dealkylation sites (tertiary alicyclic amines) is 1. The molecule has 38 heavy (non-hydrogen) atoms. The zero-order chi connectivity index (χ0) is 27.7. The maximum Gasteiger partial charge on any atom is 0.417 e. The van der Waals surface area contributed by atoms with Gasteiger partial charge in [-0.1, -0.05) is 13.8 Å². The van der Waals surface area contributed by atoms with Crippen LogP contribution in [-0.2, 0) is 10.9 Å². The molecule has 11 heteroatoms. The fourth-order valence-electron chi connectivity index (χ4n) is 4.88.